The second kappa shape index (κ2) is 7.31. The summed E-state index contributed by atoms with van der Waals surface area (Å²) in [5, 5.41) is 19.0. The molecule has 2 N–H and O–H groups in total. The van der Waals surface area contributed by atoms with Crippen LogP contribution in [0.3, 0.4) is 0 Å². The molecule has 0 aromatic heterocycles. The Morgan fingerprint density at radius 3 is 1.96 bits per heavy atom. The van der Waals surface area contributed by atoms with Gasteiger partial charge in [0.2, 0.25) is 0 Å². The van der Waals surface area contributed by atoms with Gasteiger partial charge in [-0.1, -0.05) is 67.1 Å². The van der Waals surface area contributed by atoms with Crippen LogP contribution < -0.4 is 5.32 Å². The van der Waals surface area contributed by atoms with Gasteiger partial charge in [0.1, 0.15) is 0 Å². The molecule has 3 heteroatoms. The van der Waals surface area contributed by atoms with Gasteiger partial charge in [0.15, 0.2) is 0 Å². The van der Waals surface area contributed by atoms with E-state index in [0.29, 0.717) is 6.42 Å². The predicted molar refractivity (Wildman–Crippen MR) is 99.2 cm³/mol. The summed E-state index contributed by atoms with van der Waals surface area (Å²) >= 11 is 6.60. The summed E-state index contributed by atoms with van der Waals surface area (Å²) in [6, 6.07) is 16.1. The second-order valence-corrected chi connectivity index (χ2v) is 6.25. The molecule has 0 aliphatic rings. The summed E-state index contributed by atoms with van der Waals surface area (Å²) in [7, 11) is 0. The number of halogens is 1. The van der Waals surface area contributed by atoms with E-state index in [1.165, 1.54) is 0 Å². The lowest BCUT2D eigenvalue weighted by Gasteiger charge is -2.18. The fourth-order valence-corrected chi connectivity index (χ4v) is 3.48. The van der Waals surface area contributed by atoms with Crippen LogP contribution in [-0.4, -0.2) is 18.2 Å². The topological polar surface area (TPSA) is 32.3 Å². The third-order valence-electron chi connectivity index (χ3n) is 4.26. The van der Waals surface area contributed by atoms with Crippen molar-refractivity contribution in [3.8, 4) is 0 Å². The number of hydrogen-bond donors (Lipinski definition) is 2. The minimum atomic E-state index is -0.508. The molecule has 23 heavy (non-hydrogen) atoms. The SMILES string of the molecule is CCCNCCC(O)c1c2ccccc2c(Cl)c2ccccc12. The van der Waals surface area contributed by atoms with Crippen molar-refractivity contribution in [1.29, 1.82) is 0 Å². The molecule has 3 aromatic carbocycles. The van der Waals surface area contributed by atoms with Gasteiger partial charge in [-0.05, 0) is 42.3 Å². The standard InChI is InChI=1S/C20H22ClNO/c1-2-12-22-13-11-18(23)19-14-7-3-5-9-16(14)20(21)17-10-6-4-8-15(17)19/h3-10,18,22-23H,2,11-13H2,1H3. The molecule has 0 amide bonds. The maximum Gasteiger partial charge on any atom is 0.0814 e. The fourth-order valence-electron chi connectivity index (χ4n) is 3.15. The average molecular weight is 328 g/mol. The average Bonchev–Trinajstić information content (AvgIpc) is 2.59. The molecular weight excluding hydrogens is 306 g/mol. The van der Waals surface area contributed by atoms with Crippen molar-refractivity contribution >= 4 is 33.1 Å². The van der Waals surface area contributed by atoms with Gasteiger partial charge in [0, 0.05) is 10.8 Å². The normalized spacial score (nSPS) is 12.8. The van der Waals surface area contributed by atoms with Gasteiger partial charge in [0.25, 0.3) is 0 Å². The number of benzene rings is 3. The Morgan fingerprint density at radius 1 is 0.913 bits per heavy atom. The molecule has 0 saturated carbocycles. The Morgan fingerprint density at radius 2 is 1.43 bits per heavy atom. The van der Waals surface area contributed by atoms with E-state index in [-0.39, 0.29) is 0 Å². The molecule has 0 radical (unpaired) electrons. The number of rotatable bonds is 6. The first-order chi connectivity index (χ1) is 11.2. The minimum absolute atomic E-state index is 0.508. The van der Waals surface area contributed by atoms with Crippen LogP contribution in [0.25, 0.3) is 21.5 Å². The van der Waals surface area contributed by atoms with E-state index in [9.17, 15) is 5.11 Å². The molecule has 0 heterocycles. The van der Waals surface area contributed by atoms with E-state index < -0.39 is 6.10 Å². The van der Waals surface area contributed by atoms with Gasteiger partial charge in [-0.15, -0.1) is 0 Å². The number of fused-ring (bicyclic) bond motifs is 2. The number of aliphatic hydroxyl groups excluding tert-OH is 1. The van der Waals surface area contributed by atoms with E-state index in [0.717, 1.165) is 51.6 Å². The lowest BCUT2D eigenvalue weighted by atomic mass is 9.92. The van der Waals surface area contributed by atoms with Gasteiger partial charge >= 0.3 is 0 Å². The van der Waals surface area contributed by atoms with E-state index >= 15 is 0 Å². The van der Waals surface area contributed by atoms with E-state index in [2.05, 4.69) is 12.2 Å². The molecule has 0 aliphatic carbocycles. The number of aliphatic hydroxyl groups is 1. The highest BCUT2D eigenvalue weighted by Gasteiger charge is 2.17. The third-order valence-corrected chi connectivity index (χ3v) is 4.67. The maximum absolute atomic E-state index is 10.8. The van der Waals surface area contributed by atoms with Crippen molar-refractivity contribution in [2.75, 3.05) is 13.1 Å². The molecular formula is C20H22ClNO. The smallest absolute Gasteiger partial charge is 0.0814 e. The summed E-state index contributed by atoms with van der Waals surface area (Å²) < 4.78 is 0. The Labute approximate surface area is 142 Å². The number of hydrogen-bond acceptors (Lipinski definition) is 2. The van der Waals surface area contributed by atoms with Gasteiger partial charge in [-0.3, -0.25) is 0 Å². The third kappa shape index (κ3) is 3.20. The van der Waals surface area contributed by atoms with Crippen molar-refractivity contribution in [2.24, 2.45) is 0 Å². The van der Waals surface area contributed by atoms with Crippen LogP contribution >= 0.6 is 11.6 Å². The van der Waals surface area contributed by atoms with E-state index in [1.807, 2.05) is 48.5 Å². The molecule has 0 spiro atoms. The Balaban J connectivity index is 2.11. The molecule has 0 aliphatic heterocycles. The lowest BCUT2D eigenvalue weighted by molar-refractivity contribution is 0.170. The van der Waals surface area contributed by atoms with Crippen LogP contribution in [0.5, 0.6) is 0 Å². The lowest BCUT2D eigenvalue weighted by Crippen LogP contribution is -2.18. The quantitative estimate of drug-likeness (QED) is 0.489. The van der Waals surface area contributed by atoms with Crippen LogP contribution in [0, 0.1) is 0 Å². The molecule has 1 unspecified atom stereocenters. The minimum Gasteiger partial charge on any atom is -0.388 e. The van der Waals surface area contributed by atoms with Crippen LogP contribution in [0.1, 0.15) is 31.4 Å². The van der Waals surface area contributed by atoms with Gasteiger partial charge < -0.3 is 10.4 Å². The largest absolute Gasteiger partial charge is 0.388 e. The van der Waals surface area contributed by atoms with Crippen molar-refractivity contribution in [3.63, 3.8) is 0 Å². The highest BCUT2D eigenvalue weighted by molar-refractivity contribution is 6.41. The summed E-state index contributed by atoms with van der Waals surface area (Å²) in [4.78, 5) is 0. The highest BCUT2D eigenvalue weighted by Crippen LogP contribution is 2.39. The zero-order valence-electron chi connectivity index (χ0n) is 13.3. The summed E-state index contributed by atoms with van der Waals surface area (Å²) in [6.07, 6.45) is 1.28. The Hall–Kier alpha value is -1.61. The first kappa shape index (κ1) is 16.3. The fraction of sp³-hybridized carbons (Fsp3) is 0.300. The van der Waals surface area contributed by atoms with Crippen molar-refractivity contribution in [2.45, 2.75) is 25.9 Å². The summed E-state index contributed by atoms with van der Waals surface area (Å²) in [5.41, 5.74) is 0.985. The zero-order chi connectivity index (χ0) is 16.2. The molecule has 3 aromatic rings. The molecule has 2 nitrogen and oxygen atoms in total. The Kier molecular flexibility index (Phi) is 5.16. The van der Waals surface area contributed by atoms with Gasteiger partial charge in [0.05, 0.1) is 11.1 Å². The molecule has 0 fully saturated rings. The monoisotopic (exact) mass is 327 g/mol. The van der Waals surface area contributed by atoms with Crippen molar-refractivity contribution in [1.82, 2.24) is 5.32 Å². The molecule has 3 rings (SSSR count). The molecule has 0 bridgehead atoms. The van der Waals surface area contributed by atoms with Crippen molar-refractivity contribution in [3.05, 3.63) is 59.1 Å². The van der Waals surface area contributed by atoms with E-state index in [4.69, 9.17) is 11.6 Å². The van der Waals surface area contributed by atoms with E-state index in [1.54, 1.807) is 0 Å². The van der Waals surface area contributed by atoms with Crippen molar-refractivity contribution < 1.29 is 5.11 Å². The van der Waals surface area contributed by atoms with Gasteiger partial charge in [-0.25, -0.2) is 0 Å². The van der Waals surface area contributed by atoms with Crippen LogP contribution in [0.15, 0.2) is 48.5 Å². The second-order valence-electron chi connectivity index (χ2n) is 5.87. The maximum atomic E-state index is 10.8. The summed E-state index contributed by atoms with van der Waals surface area (Å²) in [5.74, 6) is 0. The first-order valence-corrected chi connectivity index (χ1v) is 8.59. The summed E-state index contributed by atoms with van der Waals surface area (Å²) in [6.45, 7) is 3.93. The van der Waals surface area contributed by atoms with Crippen LogP contribution in [0.2, 0.25) is 5.02 Å². The number of nitrogens with one attached hydrogen (secondary N) is 1. The predicted octanol–water partition coefficient (Wildman–Crippen LogP) is 5.07. The molecule has 120 valence electrons. The Bertz CT molecular complexity index is 758. The molecule has 0 saturated heterocycles. The van der Waals surface area contributed by atoms with Crippen LogP contribution in [-0.2, 0) is 0 Å². The van der Waals surface area contributed by atoms with Crippen LogP contribution in [0.4, 0.5) is 0 Å². The molecule has 1 atom stereocenters. The zero-order valence-corrected chi connectivity index (χ0v) is 14.1. The first-order valence-electron chi connectivity index (χ1n) is 8.21. The highest BCUT2D eigenvalue weighted by atomic mass is 35.5. The van der Waals surface area contributed by atoms with Gasteiger partial charge in [-0.2, -0.15) is 0 Å².